The summed E-state index contributed by atoms with van der Waals surface area (Å²) in [7, 11) is 1.46. The number of nitrogens with zero attached hydrogens (tertiary/aromatic N) is 2. The molecule has 5 heteroatoms. The molecule has 0 radical (unpaired) electrons. The Balaban J connectivity index is 2.97. The van der Waals surface area contributed by atoms with Gasteiger partial charge in [0.15, 0.2) is 11.3 Å². The highest BCUT2D eigenvalue weighted by atomic mass is 35.5. The fraction of sp³-hybridized carbons (Fsp3) is 0.333. The Morgan fingerprint density at radius 2 is 2.29 bits per heavy atom. The van der Waals surface area contributed by atoms with Crippen molar-refractivity contribution in [1.82, 2.24) is 9.97 Å². The lowest BCUT2D eigenvalue weighted by Crippen LogP contribution is -2.10. The molecule has 1 aromatic heterocycles. The van der Waals surface area contributed by atoms with Crippen LogP contribution >= 0.6 is 11.6 Å². The normalized spacial score (nSPS) is 11.6. The summed E-state index contributed by atoms with van der Waals surface area (Å²) < 4.78 is 10.2. The summed E-state index contributed by atoms with van der Waals surface area (Å²) in [5.41, 5.74) is 0. The molecule has 4 nitrogen and oxygen atoms in total. The quantitative estimate of drug-likeness (QED) is 0.563. The van der Waals surface area contributed by atoms with Crippen LogP contribution in [0.3, 0.4) is 0 Å². The van der Waals surface area contributed by atoms with Crippen LogP contribution < -0.4 is 9.47 Å². The van der Waals surface area contributed by atoms with Crippen LogP contribution in [0, 0.1) is 12.3 Å². The van der Waals surface area contributed by atoms with Gasteiger partial charge in [0.05, 0.1) is 7.11 Å². The second-order valence-electron chi connectivity index (χ2n) is 2.43. The van der Waals surface area contributed by atoms with Gasteiger partial charge in [-0.2, -0.15) is 4.98 Å². The molecule has 0 amide bonds. The molecule has 1 aromatic rings. The van der Waals surface area contributed by atoms with Crippen LogP contribution in [0.1, 0.15) is 6.92 Å². The molecule has 0 aliphatic rings. The van der Waals surface area contributed by atoms with E-state index in [1.807, 2.05) is 0 Å². The number of halogens is 1. The van der Waals surface area contributed by atoms with E-state index >= 15 is 0 Å². The summed E-state index contributed by atoms with van der Waals surface area (Å²) in [5.74, 6) is 2.94. The number of hydrogen-bond acceptors (Lipinski definition) is 4. The van der Waals surface area contributed by atoms with E-state index in [2.05, 4.69) is 15.9 Å². The van der Waals surface area contributed by atoms with Crippen molar-refractivity contribution in [2.45, 2.75) is 13.0 Å². The highest BCUT2D eigenvalue weighted by molar-refractivity contribution is 6.31. The van der Waals surface area contributed by atoms with Crippen molar-refractivity contribution in [3.05, 3.63) is 11.5 Å². The van der Waals surface area contributed by atoms with Crippen LogP contribution in [0.4, 0.5) is 0 Å². The van der Waals surface area contributed by atoms with Gasteiger partial charge >= 0.3 is 0 Å². The van der Waals surface area contributed by atoms with Crippen molar-refractivity contribution in [1.29, 1.82) is 0 Å². The molecule has 0 spiro atoms. The molecular weight excluding hydrogens is 204 g/mol. The van der Waals surface area contributed by atoms with Gasteiger partial charge < -0.3 is 9.47 Å². The third-order valence-electron chi connectivity index (χ3n) is 1.45. The minimum atomic E-state index is -0.394. The molecule has 0 aromatic carbocycles. The number of aromatic nitrogens is 2. The first-order chi connectivity index (χ1) is 6.69. The van der Waals surface area contributed by atoms with Crippen molar-refractivity contribution < 1.29 is 9.47 Å². The molecule has 0 fully saturated rings. The van der Waals surface area contributed by atoms with Crippen molar-refractivity contribution in [3.63, 3.8) is 0 Å². The van der Waals surface area contributed by atoms with Crippen LogP contribution in [-0.4, -0.2) is 23.2 Å². The molecule has 0 aliphatic carbocycles. The van der Waals surface area contributed by atoms with Crippen LogP contribution in [0.2, 0.25) is 5.15 Å². The Morgan fingerprint density at radius 3 is 2.86 bits per heavy atom. The zero-order chi connectivity index (χ0) is 10.6. The molecule has 0 saturated carbocycles. The van der Waals surface area contributed by atoms with E-state index < -0.39 is 6.10 Å². The van der Waals surface area contributed by atoms with Crippen LogP contribution in [-0.2, 0) is 0 Å². The number of methoxy groups -OCH3 is 1. The van der Waals surface area contributed by atoms with Crippen molar-refractivity contribution >= 4 is 11.6 Å². The smallest absolute Gasteiger partial charge is 0.263 e. The number of ether oxygens (including phenoxy) is 2. The average molecular weight is 213 g/mol. The highest BCUT2D eigenvalue weighted by Gasteiger charge is 2.13. The Kier molecular flexibility index (Phi) is 3.55. The Morgan fingerprint density at radius 1 is 1.57 bits per heavy atom. The van der Waals surface area contributed by atoms with Gasteiger partial charge in [-0.05, 0) is 6.92 Å². The molecular formula is C9H9ClN2O2. The molecule has 1 heterocycles. The van der Waals surface area contributed by atoms with Crippen LogP contribution in [0.15, 0.2) is 6.33 Å². The minimum Gasteiger partial charge on any atom is -0.489 e. The summed E-state index contributed by atoms with van der Waals surface area (Å²) >= 11 is 5.75. The molecule has 0 bridgehead atoms. The summed E-state index contributed by atoms with van der Waals surface area (Å²) in [6.07, 6.45) is 6.04. The van der Waals surface area contributed by atoms with E-state index in [4.69, 9.17) is 27.5 Å². The van der Waals surface area contributed by atoms with E-state index in [0.29, 0.717) is 0 Å². The Hall–Kier alpha value is -1.47. The monoisotopic (exact) mass is 212 g/mol. The molecule has 74 valence electrons. The van der Waals surface area contributed by atoms with Crippen molar-refractivity contribution in [3.8, 4) is 24.0 Å². The third kappa shape index (κ3) is 2.27. The maximum Gasteiger partial charge on any atom is 0.263 e. The average Bonchev–Trinajstić information content (AvgIpc) is 2.18. The third-order valence-corrected chi connectivity index (χ3v) is 1.72. The van der Waals surface area contributed by atoms with Crippen molar-refractivity contribution in [2.75, 3.05) is 7.11 Å². The Bertz CT molecular complexity index is 362. The lowest BCUT2D eigenvalue weighted by atomic mass is 10.4. The number of rotatable bonds is 3. The van der Waals surface area contributed by atoms with Gasteiger partial charge in [0.1, 0.15) is 6.33 Å². The van der Waals surface area contributed by atoms with E-state index in [1.54, 1.807) is 6.92 Å². The van der Waals surface area contributed by atoms with Crippen LogP contribution in [0.5, 0.6) is 11.6 Å². The predicted molar refractivity (Wildman–Crippen MR) is 52.5 cm³/mol. The molecule has 0 saturated heterocycles. The van der Waals surface area contributed by atoms with Crippen molar-refractivity contribution in [2.24, 2.45) is 0 Å². The molecule has 1 atom stereocenters. The number of hydrogen-bond donors (Lipinski definition) is 0. The minimum absolute atomic E-state index is 0.196. The van der Waals surface area contributed by atoms with Crippen LogP contribution in [0.25, 0.3) is 0 Å². The first-order valence-electron chi connectivity index (χ1n) is 3.86. The zero-order valence-electron chi connectivity index (χ0n) is 7.82. The molecule has 0 N–H and O–H groups in total. The molecule has 1 unspecified atom stereocenters. The Labute approximate surface area is 87.2 Å². The first-order valence-corrected chi connectivity index (χ1v) is 4.24. The summed E-state index contributed by atoms with van der Waals surface area (Å²) in [6, 6.07) is 0. The second kappa shape index (κ2) is 4.68. The van der Waals surface area contributed by atoms with E-state index in [1.165, 1.54) is 13.4 Å². The van der Waals surface area contributed by atoms with Gasteiger partial charge in [-0.1, -0.05) is 17.5 Å². The second-order valence-corrected chi connectivity index (χ2v) is 2.79. The highest BCUT2D eigenvalue weighted by Crippen LogP contribution is 2.30. The maximum absolute atomic E-state index is 5.75. The lowest BCUT2D eigenvalue weighted by molar-refractivity contribution is 0.250. The van der Waals surface area contributed by atoms with Gasteiger partial charge in [-0.3, -0.25) is 0 Å². The van der Waals surface area contributed by atoms with Gasteiger partial charge in [0.2, 0.25) is 5.75 Å². The first kappa shape index (κ1) is 10.6. The standard InChI is InChI=1S/C9H9ClN2O2/c1-4-6(2)14-9-7(13-3)8(10)11-5-12-9/h1,5-6H,2-3H3. The van der Waals surface area contributed by atoms with Gasteiger partial charge in [-0.25, -0.2) is 4.98 Å². The predicted octanol–water partition coefficient (Wildman–Crippen LogP) is 1.54. The topological polar surface area (TPSA) is 44.2 Å². The SMILES string of the molecule is C#CC(C)Oc1ncnc(Cl)c1OC. The number of terminal acetylenes is 1. The fourth-order valence-electron chi connectivity index (χ4n) is 0.794. The molecule has 1 rings (SSSR count). The van der Waals surface area contributed by atoms with Gasteiger partial charge in [0.25, 0.3) is 5.88 Å². The maximum atomic E-state index is 5.75. The molecule has 0 aliphatic heterocycles. The summed E-state index contributed by atoms with van der Waals surface area (Å²) in [5, 5.41) is 0.196. The van der Waals surface area contributed by atoms with E-state index in [-0.39, 0.29) is 16.8 Å². The molecule has 14 heavy (non-hydrogen) atoms. The fourth-order valence-corrected chi connectivity index (χ4v) is 0.996. The van der Waals surface area contributed by atoms with Gasteiger partial charge in [0, 0.05) is 0 Å². The summed E-state index contributed by atoms with van der Waals surface area (Å²) in [6.45, 7) is 1.72. The van der Waals surface area contributed by atoms with E-state index in [0.717, 1.165) is 0 Å². The lowest BCUT2D eigenvalue weighted by Gasteiger charge is -2.11. The largest absolute Gasteiger partial charge is 0.489 e. The summed E-state index contributed by atoms with van der Waals surface area (Å²) in [4.78, 5) is 7.60. The zero-order valence-corrected chi connectivity index (χ0v) is 8.58. The van der Waals surface area contributed by atoms with E-state index in [9.17, 15) is 0 Å². The van der Waals surface area contributed by atoms with Gasteiger partial charge in [-0.15, -0.1) is 6.42 Å².